The van der Waals surface area contributed by atoms with Crippen LogP contribution in [0.2, 0.25) is 0 Å². The zero-order chi connectivity index (χ0) is 5.98. The van der Waals surface area contributed by atoms with Crippen LogP contribution in [-0.4, -0.2) is 0 Å². The fourth-order valence-electron chi connectivity index (χ4n) is 0.549. The van der Waals surface area contributed by atoms with Crippen molar-refractivity contribution in [1.82, 2.24) is 0 Å². The molecule has 0 aliphatic heterocycles. The predicted octanol–water partition coefficient (Wildman–Crippen LogP) is 2.71. The van der Waals surface area contributed by atoms with E-state index in [9.17, 15) is 0 Å². The smallest absolute Gasteiger partial charge is 0.000353 e. The minimum atomic E-state index is 1.37. The quantitative estimate of drug-likeness (QED) is 0.541. The summed E-state index contributed by atoms with van der Waals surface area (Å²) >= 11 is 1.75. The van der Waals surface area contributed by atoms with Gasteiger partial charge in [-0.2, -0.15) is 11.3 Å². The van der Waals surface area contributed by atoms with Crippen LogP contribution in [0.1, 0.15) is 19.4 Å². The van der Waals surface area contributed by atoms with Crippen molar-refractivity contribution in [3.05, 3.63) is 28.3 Å². The lowest BCUT2D eigenvalue weighted by molar-refractivity contribution is 1.16. The van der Waals surface area contributed by atoms with E-state index in [2.05, 4.69) is 30.7 Å². The average molecular weight is 125 g/mol. The van der Waals surface area contributed by atoms with Crippen molar-refractivity contribution in [3.63, 3.8) is 0 Å². The van der Waals surface area contributed by atoms with Crippen LogP contribution >= 0.6 is 11.3 Å². The Morgan fingerprint density at radius 1 is 1.50 bits per heavy atom. The molecular formula is C7H9S. The van der Waals surface area contributed by atoms with Gasteiger partial charge in [-0.05, 0) is 28.3 Å². The summed E-state index contributed by atoms with van der Waals surface area (Å²) in [6.07, 6.45) is 0. The van der Waals surface area contributed by atoms with Gasteiger partial charge in [0, 0.05) is 0 Å². The molecule has 0 saturated heterocycles. The van der Waals surface area contributed by atoms with Gasteiger partial charge in [0.05, 0.1) is 0 Å². The van der Waals surface area contributed by atoms with Gasteiger partial charge in [-0.1, -0.05) is 13.8 Å². The summed E-state index contributed by atoms with van der Waals surface area (Å²) in [5.41, 5.74) is 1.37. The molecule has 1 heteroatoms. The Labute approximate surface area is 54.2 Å². The van der Waals surface area contributed by atoms with Gasteiger partial charge < -0.3 is 0 Å². The molecule has 0 fully saturated rings. The van der Waals surface area contributed by atoms with Crippen molar-refractivity contribution in [2.45, 2.75) is 13.8 Å². The second-order valence-corrected chi connectivity index (χ2v) is 2.79. The normalized spacial score (nSPS) is 10.4. The van der Waals surface area contributed by atoms with Crippen LogP contribution in [0.25, 0.3) is 0 Å². The Morgan fingerprint density at radius 3 is 2.50 bits per heavy atom. The summed E-state index contributed by atoms with van der Waals surface area (Å²) in [5, 5.41) is 4.26. The molecule has 1 aromatic rings. The molecule has 0 bridgehead atoms. The van der Waals surface area contributed by atoms with Crippen LogP contribution < -0.4 is 0 Å². The van der Waals surface area contributed by atoms with Gasteiger partial charge in [0.2, 0.25) is 0 Å². The lowest BCUT2D eigenvalue weighted by Crippen LogP contribution is -1.80. The van der Waals surface area contributed by atoms with E-state index >= 15 is 0 Å². The number of thiophene rings is 1. The minimum Gasteiger partial charge on any atom is -0.152 e. The van der Waals surface area contributed by atoms with Crippen LogP contribution in [0.3, 0.4) is 0 Å². The molecule has 0 unspecified atom stereocenters. The molecule has 1 radical (unpaired) electrons. The molecule has 0 N–H and O–H groups in total. The molecule has 0 amide bonds. The molecular weight excluding hydrogens is 116 g/mol. The van der Waals surface area contributed by atoms with E-state index in [1.807, 2.05) is 0 Å². The van der Waals surface area contributed by atoms with Gasteiger partial charge in [-0.3, -0.25) is 0 Å². The monoisotopic (exact) mass is 125 g/mol. The van der Waals surface area contributed by atoms with Gasteiger partial charge in [0.15, 0.2) is 0 Å². The van der Waals surface area contributed by atoms with Crippen LogP contribution in [0.4, 0.5) is 0 Å². The molecule has 43 valence electrons. The Balaban J connectivity index is 2.77. The topological polar surface area (TPSA) is 0 Å². The van der Waals surface area contributed by atoms with Gasteiger partial charge in [0.1, 0.15) is 0 Å². The summed E-state index contributed by atoms with van der Waals surface area (Å²) in [4.78, 5) is 0. The summed E-state index contributed by atoms with van der Waals surface area (Å²) in [7, 11) is 0. The number of hydrogen-bond donors (Lipinski definition) is 0. The SMILES string of the molecule is C[C](C)c1ccsc1. The third kappa shape index (κ3) is 1.10. The van der Waals surface area contributed by atoms with E-state index in [1.165, 1.54) is 11.5 Å². The highest BCUT2D eigenvalue weighted by Crippen LogP contribution is 2.15. The maximum atomic E-state index is 2.16. The lowest BCUT2D eigenvalue weighted by Gasteiger charge is -1.95. The average Bonchev–Trinajstić information content (AvgIpc) is 2.12. The first-order valence-electron chi connectivity index (χ1n) is 2.63. The molecule has 0 nitrogen and oxygen atoms in total. The molecule has 1 rings (SSSR count). The second kappa shape index (κ2) is 2.31. The maximum absolute atomic E-state index is 2.16. The summed E-state index contributed by atoms with van der Waals surface area (Å²) in [6.45, 7) is 4.25. The molecule has 1 heterocycles. The number of hydrogen-bond acceptors (Lipinski definition) is 1. The van der Waals surface area contributed by atoms with Crippen LogP contribution in [0, 0.1) is 5.92 Å². The first-order chi connectivity index (χ1) is 3.80. The Bertz CT molecular complexity index is 139. The summed E-state index contributed by atoms with van der Waals surface area (Å²) in [5.74, 6) is 1.39. The lowest BCUT2D eigenvalue weighted by atomic mass is 10.1. The summed E-state index contributed by atoms with van der Waals surface area (Å²) < 4.78 is 0. The van der Waals surface area contributed by atoms with Crippen molar-refractivity contribution in [2.24, 2.45) is 0 Å². The highest BCUT2D eigenvalue weighted by Gasteiger charge is 1.95. The molecule has 0 aliphatic rings. The van der Waals surface area contributed by atoms with Crippen molar-refractivity contribution in [3.8, 4) is 0 Å². The van der Waals surface area contributed by atoms with E-state index in [-0.39, 0.29) is 0 Å². The Kier molecular flexibility index (Phi) is 1.69. The van der Waals surface area contributed by atoms with Crippen LogP contribution in [0.15, 0.2) is 16.8 Å². The first-order valence-corrected chi connectivity index (χ1v) is 3.57. The van der Waals surface area contributed by atoms with E-state index in [0.29, 0.717) is 0 Å². The van der Waals surface area contributed by atoms with Gasteiger partial charge in [0.25, 0.3) is 0 Å². The molecule has 0 saturated carbocycles. The fraction of sp³-hybridized carbons (Fsp3) is 0.286. The molecule has 0 aromatic carbocycles. The molecule has 8 heavy (non-hydrogen) atoms. The highest BCUT2D eigenvalue weighted by molar-refractivity contribution is 7.08. The van der Waals surface area contributed by atoms with E-state index in [4.69, 9.17) is 0 Å². The number of rotatable bonds is 1. The van der Waals surface area contributed by atoms with Crippen LogP contribution in [0.5, 0.6) is 0 Å². The highest BCUT2D eigenvalue weighted by atomic mass is 32.1. The van der Waals surface area contributed by atoms with Crippen molar-refractivity contribution < 1.29 is 0 Å². The largest absolute Gasteiger partial charge is 0.152 e. The Morgan fingerprint density at radius 2 is 2.25 bits per heavy atom. The van der Waals surface area contributed by atoms with E-state index in [0.717, 1.165) is 0 Å². The van der Waals surface area contributed by atoms with E-state index < -0.39 is 0 Å². The predicted molar refractivity (Wildman–Crippen MR) is 38.0 cm³/mol. The minimum absolute atomic E-state index is 1.37. The Hall–Kier alpha value is -0.300. The van der Waals surface area contributed by atoms with Crippen LogP contribution in [-0.2, 0) is 0 Å². The summed E-state index contributed by atoms with van der Waals surface area (Å²) in [6, 6.07) is 2.14. The van der Waals surface area contributed by atoms with Gasteiger partial charge in [-0.25, -0.2) is 0 Å². The van der Waals surface area contributed by atoms with Crippen molar-refractivity contribution in [2.75, 3.05) is 0 Å². The third-order valence-corrected chi connectivity index (χ3v) is 1.78. The third-order valence-electron chi connectivity index (χ3n) is 1.10. The van der Waals surface area contributed by atoms with Gasteiger partial charge in [-0.15, -0.1) is 0 Å². The molecule has 0 atom stereocenters. The van der Waals surface area contributed by atoms with Gasteiger partial charge >= 0.3 is 0 Å². The second-order valence-electron chi connectivity index (χ2n) is 2.01. The zero-order valence-electron chi connectivity index (χ0n) is 5.14. The maximum Gasteiger partial charge on any atom is -0.000353 e. The standard InChI is InChI=1S/C7H9S/c1-6(2)7-3-4-8-5-7/h3-5H,1-2H3. The van der Waals surface area contributed by atoms with Crippen molar-refractivity contribution in [1.29, 1.82) is 0 Å². The molecule has 0 aliphatic carbocycles. The molecule has 0 spiro atoms. The molecule has 1 aromatic heterocycles. The zero-order valence-corrected chi connectivity index (χ0v) is 5.96. The van der Waals surface area contributed by atoms with E-state index in [1.54, 1.807) is 11.3 Å². The fourth-order valence-corrected chi connectivity index (χ4v) is 1.31. The first kappa shape index (κ1) is 5.83. The van der Waals surface area contributed by atoms with Crippen molar-refractivity contribution >= 4 is 11.3 Å².